The molecule has 0 atom stereocenters. The molecule has 24 heavy (non-hydrogen) atoms. The zero-order chi connectivity index (χ0) is 16.5. The molecule has 0 radical (unpaired) electrons. The molecule has 0 saturated carbocycles. The van der Waals surface area contributed by atoms with Gasteiger partial charge in [-0.15, -0.1) is 11.3 Å². The van der Waals surface area contributed by atoms with Crippen molar-refractivity contribution >= 4 is 33.0 Å². The van der Waals surface area contributed by atoms with Crippen LogP contribution in [-0.4, -0.2) is 18.4 Å². The Bertz CT molecular complexity index is 962. The van der Waals surface area contributed by atoms with E-state index in [9.17, 15) is 4.79 Å². The molecule has 0 aliphatic carbocycles. The Labute approximate surface area is 142 Å². The summed E-state index contributed by atoms with van der Waals surface area (Å²) in [5, 5.41) is 7.00. The fourth-order valence-corrected chi connectivity index (χ4v) is 3.48. The topological polar surface area (TPSA) is 59.9 Å². The number of benzene rings is 2. The van der Waals surface area contributed by atoms with Crippen LogP contribution >= 0.6 is 11.3 Å². The quantitative estimate of drug-likeness (QED) is 0.584. The minimum Gasteiger partial charge on any atom is -0.454 e. The predicted molar refractivity (Wildman–Crippen MR) is 94.1 cm³/mol. The van der Waals surface area contributed by atoms with Crippen LogP contribution in [0.4, 0.5) is 0 Å². The van der Waals surface area contributed by atoms with Gasteiger partial charge in [-0.05, 0) is 31.2 Å². The third-order valence-corrected chi connectivity index (χ3v) is 4.80. The van der Waals surface area contributed by atoms with Crippen LogP contribution in [0.3, 0.4) is 0 Å². The van der Waals surface area contributed by atoms with Crippen LogP contribution in [0.1, 0.15) is 22.8 Å². The summed E-state index contributed by atoms with van der Waals surface area (Å²) >= 11 is 1.55. The van der Waals surface area contributed by atoms with Gasteiger partial charge < -0.3 is 9.47 Å². The van der Waals surface area contributed by atoms with Gasteiger partial charge in [0.1, 0.15) is 0 Å². The standard InChI is InChI=1S/C18H14N2O3S/c1-11(12-6-7-15-16(8-12)23-10-22-15)19-20-18(21)14-9-24-17-5-3-2-4-13(14)17/h2-9H,10H2,1H3,(H,20,21). The molecular weight excluding hydrogens is 324 g/mol. The fourth-order valence-electron chi connectivity index (χ4n) is 2.53. The fraction of sp³-hybridized carbons (Fsp3) is 0.111. The molecule has 0 unspecified atom stereocenters. The van der Waals surface area contributed by atoms with Crippen molar-refractivity contribution in [3.63, 3.8) is 0 Å². The van der Waals surface area contributed by atoms with Crippen LogP contribution in [0.15, 0.2) is 52.9 Å². The number of nitrogens with one attached hydrogen (secondary N) is 1. The van der Waals surface area contributed by atoms with Gasteiger partial charge in [0, 0.05) is 21.0 Å². The van der Waals surface area contributed by atoms with E-state index in [-0.39, 0.29) is 12.7 Å². The SMILES string of the molecule is CC(=NNC(=O)c1csc2ccccc12)c1ccc2c(c1)OCO2. The number of rotatable bonds is 3. The van der Waals surface area contributed by atoms with Crippen LogP contribution in [0.25, 0.3) is 10.1 Å². The minimum atomic E-state index is -0.215. The van der Waals surface area contributed by atoms with Gasteiger partial charge >= 0.3 is 0 Å². The molecule has 0 saturated heterocycles. The number of fused-ring (bicyclic) bond motifs is 2. The van der Waals surface area contributed by atoms with Gasteiger partial charge in [-0.3, -0.25) is 4.79 Å². The molecule has 1 aliphatic rings. The number of amides is 1. The molecule has 6 heteroatoms. The van der Waals surface area contributed by atoms with E-state index in [1.807, 2.05) is 54.8 Å². The maximum absolute atomic E-state index is 12.4. The van der Waals surface area contributed by atoms with Crippen molar-refractivity contribution in [1.29, 1.82) is 0 Å². The normalized spacial score (nSPS) is 13.3. The van der Waals surface area contributed by atoms with Gasteiger partial charge in [-0.25, -0.2) is 5.43 Å². The Hall–Kier alpha value is -2.86. The summed E-state index contributed by atoms with van der Waals surface area (Å²) in [6, 6.07) is 13.4. The van der Waals surface area contributed by atoms with Crippen LogP contribution in [0, 0.1) is 0 Å². The Kier molecular flexibility index (Phi) is 3.66. The first-order valence-electron chi connectivity index (χ1n) is 7.43. The molecule has 2 heterocycles. The zero-order valence-electron chi connectivity index (χ0n) is 12.9. The van der Waals surface area contributed by atoms with Crippen molar-refractivity contribution in [3.8, 4) is 11.5 Å². The van der Waals surface area contributed by atoms with Gasteiger partial charge in [0.25, 0.3) is 5.91 Å². The molecule has 120 valence electrons. The number of hydrogen-bond acceptors (Lipinski definition) is 5. The molecule has 5 nitrogen and oxygen atoms in total. The second kappa shape index (κ2) is 5.98. The molecule has 2 aromatic carbocycles. The zero-order valence-corrected chi connectivity index (χ0v) is 13.7. The number of ether oxygens (including phenoxy) is 2. The second-order valence-electron chi connectivity index (χ2n) is 5.35. The van der Waals surface area contributed by atoms with E-state index in [4.69, 9.17) is 9.47 Å². The maximum Gasteiger partial charge on any atom is 0.272 e. The molecule has 1 aromatic heterocycles. The van der Waals surface area contributed by atoms with Gasteiger partial charge in [0.2, 0.25) is 6.79 Å². The van der Waals surface area contributed by atoms with Crippen LogP contribution in [0.5, 0.6) is 11.5 Å². The lowest BCUT2D eigenvalue weighted by atomic mass is 10.1. The highest BCUT2D eigenvalue weighted by Gasteiger charge is 2.15. The maximum atomic E-state index is 12.4. The number of nitrogens with zero attached hydrogens (tertiary/aromatic N) is 1. The number of carbonyl (C=O) groups is 1. The van der Waals surface area contributed by atoms with Crippen LogP contribution in [0.2, 0.25) is 0 Å². The van der Waals surface area contributed by atoms with Crippen molar-refractivity contribution in [2.24, 2.45) is 5.10 Å². The number of hydrazone groups is 1. The second-order valence-corrected chi connectivity index (χ2v) is 6.26. The summed E-state index contributed by atoms with van der Waals surface area (Å²) in [6.07, 6.45) is 0. The lowest BCUT2D eigenvalue weighted by Gasteiger charge is -2.04. The van der Waals surface area contributed by atoms with Gasteiger partial charge in [0.15, 0.2) is 11.5 Å². The largest absolute Gasteiger partial charge is 0.454 e. The predicted octanol–water partition coefficient (Wildman–Crippen LogP) is 3.78. The third kappa shape index (κ3) is 2.61. The third-order valence-electron chi connectivity index (χ3n) is 3.84. The van der Waals surface area contributed by atoms with E-state index in [2.05, 4.69) is 10.5 Å². The lowest BCUT2D eigenvalue weighted by Crippen LogP contribution is -2.18. The van der Waals surface area contributed by atoms with E-state index in [0.717, 1.165) is 21.4 Å². The first-order chi connectivity index (χ1) is 11.7. The molecule has 1 amide bonds. The first kappa shape index (κ1) is 14.7. The highest BCUT2D eigenvalue weighted by molar-refractivity contribution is 7.17. The summed E-state index contributed by atoms with van der Waals surface area (Å²) in [4.78, 5) is 12.4. The Morgan fingerprint density at radius 1 is 1.17 bits per heavy atom. The van der Waals surface area contributed by atoms with E-state index in [1.165, 1.54) is 0 Å². The van der Waals surface area contributed by atoms with Crippen molar-refractivity contribution < 1.29 is 14.3 Å². The average Bonchev–Trinajstić information content (AvgIpc) is 3.25. The summed E-state index contributed by atoms with van der Waals surface area (Å²) in [5.41, 5.74) is 4.83. The van der Waals surface area contributed by atoms with Gasteiger partial charge in [0.05, 0.1) is 11.3 Å². The number of carbonyl (C=O) groups excluding carboxylic acids is 1. The van der Waals surface area contributed by atoms with E-state index < -0.39 is 0 Å². The van der Waals surface area contributed by atoms with Gasteiger partial charge in [-0.2, -0.15) is 5.10 Å². The van der Waals surface area contributed by atoms with Gasteiger partial charge in [-0.1, -0.05) is 18.2 Å². The van der Waals surface area contributed by atoms with Crippen molar-refractivity contribution in [2.45, 2.75) is 6.92 Å². The summed E-state index contributed by atoms with van der Waals surface area (Å²) < 4.78 is 11.7. The van der Waals surface area contributed by atoms with Crippen LogP contribution in [-0.2, 0) is 0 Å². The summed E-state index contributed by atoms with van der Waals surface area (Å²) in [7, 11) is 0. The summed E-state index contributed by atoms with van der Waals surface area (Å²) in [5.74, 6) is 1.20. The molecule has 0 bridgehead atoms. The highest BCUT2D eigenvalue weighted by Crippen LogP contribution is 2.32. The van der Waals surface area contributed by atoms with Crippen molar-refractivity contribution in [3.05, 3.63) is 59.0 Å². The van der Waals surface area contributed by atoms with Crippen LogP contribution < -0.4 is 14.9 Å². The van der Waals surface area contributed by atoms with E-state index in [0.29, 0.717) is 17.0 Å². The first-order valence-corrected chi connectivity index (χ1v) is 8.31. The molecule has 4 rings (SSSR count). The molecular formula is C18H14N2O3S. The molecule has 1 aliphatic heterocycles. The monoisotopic (exact) mass is 338 g/mol. The smallest absolute Gasteiger partial charge is 0.272 e. The molecule has 0 fully saturated rings. The van der Waals surface area contributed by atoms with E-state index >= 15 is 0 Å². The number of thiophene rings is 1. The average molecular weight is 338 g/mol. The molecule has 0 spiro atoms. The Morgan fingerprint density at radius 3 is 2.92 bits per heavy atom. The van der Waals surface area contributed by atoms with Crippen molar-refractivity contribution in [1.82, 2.24) is 5.43 Å². The summed E-state index contributed by atoms with van der Waals surface area (Å²) in [6.45, 7) is 2.07. The number of hydrogen-bond donors (Lipinski definition) is 1. The molecule has 1 N–H and O–H groups in total. The molecule has 3 aromatic rings. The lowest BCUT2D eigenvalue weighted by molar-refractivity contribution is 0.0957. The van der Waals surface area contributed by atoms with E-state index in [1.54, 1.807) is 11.3 Å². The minimum absolute atomic E-state index is 0.215. The van der Waals surface area contributed by atoms with Crippen molar-refractivity contribution in [2.75, 3.05) is 6.79 Å². The Morgan fingerprint density at radius 2 is 2.00 bits per heavy atom. The highest BCUT2D eigenvalue weighted by atomic mass is 32.1. The Balaban J connectivity index is 1.54.